The van der Waals surface area contributed by atoms with Gasteiger partial charge in [-0.2, -0.15) is 0 Å². The molecule has 0 aromatic heterocycles. The maximum Gasteiger partial charge on any atom is 0.303 e. The predicted octanol–water partition coefficient (Wildman–Crippen LogP) is -2.04. The van der Waals surface area contributed by atoms with Gasteiger partial charge < -0.3 is 144 Å². The van der Waals surface area contributed by atoms with E-state index in [0.717, 1.165) is 62.3 Å². The van der Waals surface area contributed by atoms with Crippen molar-refractivity contribution < 1.29 is 186 Å². The summed E-state index contributed by atoms with van der Waals surface area (Å²) in [5, 5.41) is 36.5. The Hall–Kier alpha value is -11.0. The molecule has 0 aromatic carbocycles. The molecule has 0 bridgehead atoms. The first kappa shape index (κ1) is 118. The van der Waals surface area contributed by atoms with E-state index in [1.807, 2.05) is 0 Å². The van der Waals surface area contributed by atoms with E-state index >= 15 is 0 Å². The highest BCUT2D eigenvalue weighted by Crippen LogP contribution is 2.31. The fourth-order valence-corrected chi connectivity index (χ4v) is 12.7. The molecule has 12 atom stereocenters. The topological polar surface area (TPSA) is 648 Å². The summed E-state index contributed by atoms with van der Waals surface area (Å²) in [4.78, 5) is 247. The van der Waals surface area contributed by atoms with Gasteiger partial charge in [0, 0.05) is 194 Å². The molecule has 49 heteroatoms. The van der Waals surface area contributed by atoms with Gasteiger partial charge in [-0.05, 0) is 64.2 Å². The second kappa shape index (κ2) is 68.1. The minimum Gasteiger partial charge on any atom is -0.481 e. The number of carbonyl (C=O) groups excluding carboxylic acids is 19. The summed E-state index contributed by atoms with van der Waals surface area (Å²) in [6, 6.07) is -3.43. The third-order valence-electron chi connectivity index (χ3n) is 18.6. The number of hydrogen-bond acceptors (Lipinski definition) is 38. The van der Waals surface area contributed by atoms with Crippen LogP contribution in [0, 0.1) is 0 Å². The zero-order chi connectivity index (χ0) is 99.2. The highest BCUT2D eigenvalue weighted by molar-refractivity contribution is 5.80. The van der Waals surface area contributed by atoms with E-state index in [2.05, 4.69) is 53.2 Å². The first-order valence-corrected chi connectivity index (χ1v) is 43.9. The molecule has 4 unspecified atom stereocenters. The van der Waals surface area contributed by atoms with Crippen LogP contribution in [-0.2, 0) is 181 Å². The Morgan fingerprint density at radius 3 is 0.977 bits per heavy atom. The van der Waals surface area contributed by atoms with Crippen LogP contribution in [0.2, 0.25) is 0 Å². The summed E-state index contributed by atoms with van der Waals surface area (Å²) in [5.41, 5.74) is -1.59. The lowest BCUT2D eigenvalue weighted by atomic mass is 9.96. The standard InChI is InChI=1S/C84H136N10O39/c1-51(95)91-64(45-124-56(6)100)81(131-63(43-122-54(4)98)44-123-55(5)99)119-37-16-13-23-67(107)85-31-20-34-88-70(110)28-40-116-48-84(94-73(113)26-19-27-74(114)115,49-117-41-29-71(111)89-35-21-32-86-68(108)24-14-17-38-120-82-75(92-52(2)96)79(129-61(11)105)77(127-59(9)103)65(132-82)46-125-57(7)101)50-118-42-30-72(112)90-36-22-33-87-69(109)25-15-18-39-121-83-76(93-53(3)97)80(130-62(12)106)78(128-60(10)104)66(133-83)47-126-58(8)102/h63-66,75-83H,13-50H2,1-12H3,(H,85,107)(H,86,108)(H,87,109)(H,88,110)(H,89,111)(H,90,112)(H,91,95)(H,92,96)(H,93,97)(H,94,113)(H,114,115)/t64-,65?,66?,75-,76-,77-,78-,79?,80?,81+,82+,83+,84?/m0/s1. The van der Waals surface area contributed by atoms with Gasteiger partial charge in [0.15, 0.2) is 43.3 Å². The third kappa shape index (κ3) is 57.3. The molecule has 756 valence electrons. The summed E-state index contributed by atoms with van der Waals surface area (Å²) in [5.74, 6) is -12.3. The lowest BCUT2D eigenvalue weighted by Crippen LogP contribution is -2.66. The van der Waals surface area contributed by atoms with E-state index in [9.17, 15) is 101 Å². The molecule has 2 fully saturated rings. The number of carboxylic acids is 1. The lowest BCUT2D eigenvalue weighted by molar-refractivity contribution is -0.277. The van der Waals surface area contributed by atoms with E-state index < -0.39 is 200 Å². The Balaban J connectivity index is 2.11. The number of amides is 10. The molecule has 133 heavy (non-hydrogen) atoms. The van der Waals surface area contributed by atoms with Gasteiger partial charge in [0.2, 0.25) is 59.1 Å². The van der Waals surface area contributed by atoms with Gasteiger partial charge >= 0.3 is 59.7 Å². The van der Waals surface area contributed by atoms with Crippen molar-refractivity contribution in [3.63, 3.8) is 0 Å². The third-order valence-corrected chi connectivity index (χ3v) is 18.6. The van der Waals surface area contributed by atoms with Crippen LogP contribution in [0.3, 0.4) is 0 Å². The molecule has 0 spiro atoms. The van der Waals surface area contributed by atoms with Crippen molar-refractivity contribution in [2.75, 3.05) is 132 Å². The number of hydrogen-bond donors (Lipinski definition) is 11. The van der Waals surface area contributed by atoms with E-state index in [-0.39, 0.29) is 194 Å². The Labute approximate surface area is 771 Å². The van der Waals surface area contributed by atoms with Gasteiger partial charge in [-0.25, -0.2) is 0 Å². The maximum absolute atomic E-state index is 13.6. The van der Waals surface area contributed by atoms with Crippen molar-refractivity contribution >= 4 is 119 Å². The van der Waals surface area contributed by atoms with Crippen molar-refractivity contribution in [2.24, 2.45) is 0 Å². The molecular formula is C84H136N10O39. The summed E-state index contributed by atoms with van der Waals surface area (Å²) >= 11 is 0. The van der Waals surface area contributed by atoms with E-state index in [4.69, 9.17) is 85.3 Å². The highest BCUT2D eigenvalue weighted by Gasteiger charge is 2.53. The van der Waals surface area contributed by atoms with Crippen molar-refractivity contribution in [3.05, 3.63) is 0 Å². The van der Waals surface area contributed by atoms with Crippen molar-refractivity contribution in [1.29, 1.82) is 0 Å². The number of nitrogens with one attached hydrogen (secondary N) is 10. The number of unbranched alkanes of at least 4 members (excludes halogenated alkanes) is 3. The summed E-state index contributed by atoms with van der Waals surface area (Å²) < 4.78 is 101. The summed E-state index contributed by atoms with van der Waals surface area (Å²) in [7, 11) is 0. The van der Waals surface area contributed by atoms with Gasteiger partial charge in [-0.3, -0.25) is 95.9 Å². The Bertz CT molecular complexity index is 3470. The van der Waals surface area contributed by atoms with Crippen LogP contribution in [0.25, 0.3) is 0 Å². The molecule has 0 aromatic rings. The second-order valence-electron chi connectivity index (χ2n) is 30.9. The molecule has 2 aliphatic rings. The highest BCUT2D eigenvalue weighted by atomic mass is 16.7. The molecule has 11 N–H and O–H groups in total. The minimum absolute atomic E-state index is 0.0254. The molecular weight excluding hydrogens is 1770 g/mol. The number of rotatable bonds is 70. The van der Waals surface area contributed by atoms with Crippen LogP contribution in [0.1, 0.15) is 199 Å². The molecule has 2 saturated heterocycles. The average molecular weight is 1910 g/mol. The van der Waals surface area contributed by atoms with Crippen LogP contribution in [0.5, 0.6) is 0 Å². The Kier molecular flexibility index (Phi) is 60.5. The molecule has 2 rings (SSSR count). The number of carboxylic acid groups (broad SMARTS) is 1. The van der Waals surface area contributed by atoms with Gasteiger partial charge in [0.1, 0.15) is 75.0 Å². The molecule has 2 aliphatic heterocycles. The number of ether oxygens (including phenoxy) is 18. The van der Waals surface area contributed by atoms with Crippen LogP contribution in [-0.4, -0.2) is 341 Å². The largest absolute Gasteiger partial charge is 0.481 e. The van der Waals surface area contributed by atoms with E-state index in [1.54, 1.807) is 0 Å². The monoisotopic (exact) mass is 1910 g/mol. The zero-order valence-corrected chi connectivity index (χ0v) is 77.8. The molecule has 2 heterocycles. The zero-order valence-electron chi connectivity index (χ0n) is 77.8. The second-order valence-corrected chi connectivity index (χ2v) is 30.9. The number of esters is 9. The summed E-state index contributed by atoms with van der Waals surface area (Å²) in [6.45, 7) is 10.8. The van der Waals surface area contributed by atoms with Crippen molar-refractivity contribution in [1.82, 2.24) is 53.2 Å². The molecule has 0 saturated carbocycles. The number of aliphatic carboxylic acids is 1. The molecule has 0 aliphatic carbocycles. The predicted molar refractivity (Wildman–Crippen MR) is 454 cm³/mol. The van der Waals surface area contributed by atoms with Gasteiger partial charge in [-0.1, -0.05) is 0 Å². The van der Waals surface area contributed by atoms with Crippen molar-refractivity contribution in [2.45, 2.75) is 284 Å². The number of carbonyl (C=O) groups is 20. The summed E-state index contributed by atoms with van der Waals surface area (Å²) in [6.07, 6.45) is -11.0. The van der Waals surface area contributed by atoms with Crippen LogP contribution >= 0.6 is 0 Å². The first-order valence-electron chi connectivity index (χ1n) is 43.9. The van der Waals surface area contributed by atoms with Crippen molar-refractivity contribution in [3.8, 4) is 0 Å². The smallest absolute Gasteiger partial charge is 0.303 e. The van der Waals surface area contributed by atoms with Gasteiger partial charge in [-0.15, -0.1) is 0 Å². The quantitative estimate of drug-likeness (QED) is 0.0135. The van der Waals surface area contributed by atoms with Crippen LogP contribution in [0.4, 0.5) is 0 Å². The maximum atomic E-state index is 13.6. The van der Waals surface area contributed by atoms with E-state index in [0.29, 0.717) is 57.8 Å². The Morgan fingerprint density at radius 2 is 0.654 bits per heavy atom. The molecule has 10 amide bonds. The lowest BCUT2D eigenvalue weighted by Gasteiger charge is -2.44. The molecule has 0 radical (unpaired) electrons. The first-order chi connectivity index (χ1) is 63.1. The SMILES string of the molecule is CC(=O)N[C@@H](COC(C)=O)[C@H](OCCCCC(=O)NCCCNC(=O)CCOCC(COCCC(=O)NCCCNC(=O)CCCCO[C@@H]1OC(COC(C)=O)[C@H](OC(C)=O)C(OC(C)=O)[C@@H]1NC(C)=O)(COCCC(=O)NCCCNC(=O)CCCCO[C@@H]1OC(COC(C)=O)[C@H](OC(C)=O)C(OC(C)=O)[C@@H]1NC(C)=O)NC(=O)CCCC(=O)O)OC(COC(C)=O)COC(C)=O. The fourth-order valence-electron chi connectivity index (χ4n) is 12.7. The minimum atomic E-state index is -1.59. The fraction of sp³-hybridized carbons (Fsp3) is 0.762. The average Bonchev–Trinajstić information content (AvgIpc) is 0.788. The van der Waals surface area contributed by atoms with Gasteiger partial charge in [0.25, 0.3) is 0 Å². The Morgan fingerprint density at radius 1 is 0.331 bits per heavy atom. The van der Waals surface area contributed by atoms with E-state index in [1.165, 1.54) is 20.8 Å². The molecule has 49 nitrogen and oxygen atoms in total. The van der Waals surface area contributed by atoms with Gasteiger partial charge in [0.05, 0.1) is 39.6 Å². The van der Waals surface area contributed by atoms with Crippen LogP contribution < -0.4 is 53.2 Å². The normalized spacial score (nSPS) is 18.7. The van der Waals surface area contributed by atoms with Crippen LogP contribution in [0.15, 0.2) is 0 Å².